The van der Waals surface area contributed by atoms with Crippen LogP contribution in [-0.2, 0) is 9.53 Å². The molecule has 0 spiro atoms. The van der Waals surface area contributed by atoms with E-state index < -0.39 is 11.7 Å². The van der Waals surface area contributed by atoms with Crippen LogP contribution in [0.5, 0.6) is 0 Å². The maximum absolute atomic E-state index is 11.6. The molecule has 0 aromatic carbocycles. The smallest absolute Gasteiger partial charge is 0.334 e. The first-order valence-corrected chi connectivity index (χ1v) is 6.80. The molecule has 3 aliphatic rings. The van der Waals surface area contributed by atoms with Gasteiger partial charge in [0, 0.05) is 23.8 Å². The van der Waals surface area contributed by atoms with Crippen LogP contribution in [0.15, 0.2) is 23.8 Å². The lowest BCUT2D eigenvalue weighted by atomic mass is 9.78. The number of aliphatic hydroxyl groups is 2. The van der Waals surface area contributed by atoms with E-state index in [1.165, 1.54) is 0 Å². The highest BCUT2D eigenvalue weighted by Crippen LogP contribution is 2.51. The molecule has 4 nitrogen and oxygen atoms in total. The summed E-state index contributed by atoms with van der Waals surface area (Å²) in [4.78, 5) is 11.6. The number of carbonyl (C=O) groups excluding carboxylic acids is 1. The minimum Gasteiger partial charge on any atom is -0.454 e. The van der Waals surface area contributed by atoms with Gasteiger partial charge >= 0.3 is 5.97 Å². The fraction of sp³-hybridized carbons (Fsp3) is 0.667. The van der Waals surface area contributed by atoms with Crippen LogP contribution in [0, 0.1) is 17.8 Å². The van der Waals surface area contributed by atoms with Gasteiger partial charge < -0.3 is 14.9 Å². The molecule has 3 rings (SSSR count). The molecule has 1 saturated carbocycles. The molecule has 19 heavy (non-hydrogen) atoms. The number of hydrogen-bond acceptors (Lipinski definition) is 4. The third-order valence-corrected chi connectivity index (χ3v) is 5.08. The topological polar surface area (TPSA) is 66.8 Å². The third-order valence-electron chi connectivity index (χ3n) is 5.08. The summed E-state index contributed by atoms with van der Waals surface area (Å²) in [5, 5.41) is 20.7. The molecular formula is C15H20O4. The number of carbonyl (C=O) groups is 1. The van der Waals surface area contributed by atoms with Gasteiger partial charge in [-0.2, -0.15) is 0 Å². The van der Waals surface area contributed by atoms with Crippen LogP contribution in [0.4, 0.5) is 0 Å². The summed E-state index contributed by atoms with van der Waals surface area (Å²) in [5.41, 5.74) is 0.595. The van der Waals surface area contributed by atoms with Gasteiger partial charge in [0.15, 0.2) is 0 Å². The van der Waals surface area contributed by atoms with E-state index in [2.05, 4.69) is 6.58 Å². The molecule has 1 saturated heterocycles. The first-order valence-electron chi connectivity index (χ1n) is 6.80. The van der Waals surface area contributed by atoms with Crippen LogP contribution in [0.2, 0.25) is 0 Å². The van der Waals surface area contributed by atoms with Crippen molar-refractivity contribution < 1.29 is 19.7 Å². The normalized spacial score (nSPS) is 49.3. The highest BCUT2D eigenvalue weighted by atomic mass is 16.5. The Morgan fingerprint density at radius 2 is 2.21 bits per heavy atom. The maximum Gasteiger partial charge on any atom is 0.334 e. The number of rotatable bonds is 0. The van der Waals surface area contributed by atoms with E-state index in [0.29, 0.717) is 18.4 Å². The number of fused-ring (bicyclic) bond motifs is 2. The van der Waals surface area contributed by atoms with Crippen molar-refractivity contribution in [3.63, 3.8) is 0 Å². The van der Waals surface area contributed by atoms with E-state index in [0.717, 1.165) is 5.57 Å². The fourth-order valence-electron chi connectivity index (χ4n) is 4.08. The van der Waals surface area contributed by atoms with Crippen molar-refractivity contribution >= 4 is 5.97 Å². The van der Waals surface area contributed by atoms with Gasteiger partial charge in [0.05, 0.1) is 11.7 Å². The number of hydrogen-bond donors (Lipinski definition) is 2. The Hall–Kier alpha value is -1.13. The summed E-state index contributed by atoms with van der Waals surface area (Å²) in [6, 6.07) is 0. The van der Waals surface area contributed by atoms with Crippen molar-refractivity contribution in [1.29, 1.82) is 0 Å². The predicted molar refractivity (Wildman–Crippen MR) is 69.1 cm³/mol. The molecule has 1 aliphatic heterocycles. The van der Waals surface area contributed by atoms with Crippen molar-refractivity contribution in [3.8, 4) is 0 Å². The summed E-state index contributed by atoms with van der Waals surface area (Å²) in [6.45, 7) is 7.54. The second kappa shape index (κ2) is 3.93. The van der Waals surface area contributed by atoms with Gasteiger partial charge in [-0.3, -0.25) is 0 Å². The highest BCUT2D eigenvalue weighted by molar-refractivity contribution is 5.91. The lowest BCUT2D eigenvalue weighted by Crippen LogP contribution is -2.33. The Kier molecular flexibility index (Phi) is 2.67. The zero-order chi connectivity index (χ0) is 13.9. The molecule has 6 atom stereocenters. The van der Waals surface area contributed by atoms with Gasteiger partial charge in [-0.25, -0.2) is 4.79 Å². The fourth-order valence-corrected chi connectivity index (χ4v) is 4.08. The Labute approximate surface area is 112 Å². The average Bonchev–Trinajstić information content (AvgIpc) is 2.61. The highest BCUT2D eigenvalue weighted by Gasteiger charge is 2.54. The van der Waals surface area contributed by atoms with Crippen LogP contribution in [0.1, 0.15) is 26.7 Å². The molecule has 0 amide bonds. The van der Waals surface area contributed by atoms with E-state index >= 15 is 0 Å². The minimum atomic E-state index is -0.903. The van der Waals surface area contributed by atoms with Gasteiger partial charge in [-0.15, -0.1) is 0 Å². The third kappa shape index (κ3) is 1.77. The molecule has 2 fully saturated rings. The van der Waals surface area contributed by atoms with Crippen molar-refractivity contribution in [2.24, 2.45) is 17.8 Å². The second-order valence-corrected chi connectivity index (χ2v) is 6.41. The largest absolute Gasteiger partial charge is 0.454 e. The van der Waals surface area contributed by atoms with Crippen molar-refractivity contribution in [1.82, 2.24) is 0 Å². The standard InChI is InChI=1S/C15H20O4/c1-7-4-12-9(8(2)14(17)19-12)5-10-13(7)11(16)6-15(10,3)18/h4,9-13,16,18H,2,5-6H2,1,3H3/t9-,10-,11+,12+,13?,15-/m1/s1. The van der Waals surface area contributed by atoms with Gasteiger partial charge in [-0.1, -0.05) is 12.2 Å². The molecule has 2 N–H and O–H groups in total. The first-order chi connectivity index (χ1) is 8.81. The molecule has 0 aromatic rings. The quantitative estimate of drug-likeness (QED) is 0.392. The lowest BCUT2D eigenvalue weighted by molar-refractivity contribution is -0.137. The Morgan fingerprint density at radius 3 is 2.89 bits per heavy atom. The van der Waals surface area contributed by atoms with E-state index in [4.69, 9.17) is 4.74 Å². The summed E-state index contributed by atoms with van der Waals surface area (Å²) >= 11 is 0. The molecule has 4 heteroatoms. The molecule has 2 aliphatic carbocycles. The number of esters is 1. The summed E-state index contributed by atoms with van der Waals surface area (Å²) in [5.74, 6) is -0.517. The molecule has 0 radical (unpaired) electrons. The van der Waals surface area contributed by atoms with Crippen LogP contribution < -0.4 is 0 Å². The summed E-state index contributed by atoms with van der Waals surface area (Å²) in [7, 11) is 0. The lowest BCUT2D eigenvalue weighted by Gasteiger charge is -2.30. The van der Waals surface area contributed by atoms with Crippen LogP contribution >= 0.6 is 0 Å². The number of aliphatic hydroxyl groups excluding tert-OH is 1. The molecule has 1 unspecified atom stereocenters. The SMILES string of the molecule is C=C1C(=O)O[C@H]2C=C(C)C3[C@@H](C[C@H]12)[C@](C)(O)C[C@@H]3O. The van der Waals surface area contributed by atoms with E-state index in [-0.39, 0.29) is 29.8 Å². The van der Waals surface area contributed by atoms with Crippen molar-refractivity contribution in [2.75, 3.05) is 0 Å². The number of ether oxygens (including phenoxy) is 1. The molecule has 1 heterocycles. The van der Waals surface area contributed by atoms with Crippen molar-refractivity contribution in [3.05, 3.63) is 23.8 Å². The average molecular weight is 264 g/mol. The maximum atomic E-state index is 11.6. The Balaban J connectivity index is 2.01. The van der Waals surface area contributed by atoms with Crippen molar-refractivity contribution in [2.45, 2.75) is 44.5 Å². The minimum absolute atomic E-state index is 0.0490. The second-order valence-electron chi connectivity index (χ2n) is 6.41. The Morgan fingerprint density at radius 1 is 1.53 bits per heavy atom. The van der Waals surface area contributed by atoms with Gasteiger partial charge in [-0.05, 0) is 32.3 Å². The van der Waals surface area contributed by atoms with E-state index in [1.807, 2.05) is 13.0 Å². The summed E-state index contributed by atoms with van der Waals surface area (Å²) in [6.07, 6.45) is 2.13. The summed E-state index contributed by atoms with van der Waals surface area (Å²) < 4.78 is 5.32. The molecule has 0 aromatic heterocycles. The van der Waals surface area contributed by atoms with E-state index in [1.54, 1.807) is 6.92 Å². The molecule has 0 bridgehead atoms. The van der Waals surface area contributed by atoms with Crippen LogP contribution in [0.25, 0.3) is 0 Å². The molecule has 104 valence electrons. The zero-order valence-corrected chi connectivity index (χ0v) is 11.3. The van der Waals surface area contributed by atoms with Gasteiger partial charge in [0.1, 0.15) is 6.10 Å². The zero-order valence-electron chi connectivity index (χ0n) is 11.3. The molecular weight excluding hydrogens is 244 g/mol. The van der Waals surface area contributed by atoms with Crippen LogP contribution in [0.3, 0.4) is 0 Å². The van der Waals surface area contributed by atoms with E-state index in [9.17, 15) is 15.0 Å². The van der Waals surface area contributed by atoms with Gasteiger partial charge in [0.25, 0.3) is 0 Å². The van der Waals surface area contributed by atoms with Gasteiger partial charge in [0.2, 0.25) is 0 Å². The first kappa shape index (κ1) is 12.9. The Bertz CT molecular complexity index is 477. The monoisotopic (exact) mass is 264 g/mol. The predicted octanol–water partition coefficient (Wildman–Crippen LogP) is 1.18. The van der Waals surface area contributed by atoms with Crippen LogP contribution in [-0.4, -0.2) is 34.0 Å².